The van der Waals surface area contributed by atoms with Gasteiger partial charge in [-0.3, -0.25) is 9.59 Å². The van der Waals surface area contributed by atoms with Crippen molar-refractivity contribution in [3.05, 3.63) is 20.3 Å². The summed E-state index contributed by atoms with van der Waals surface area (Å²) in [6.45, 7) is 0.768. The SMILES string of the molecule is O=C(c1cc(Cl)sc1Cl)N1C[C@@H]2CCC[C@@]2(C(=O)O)C1. The Balaban J connectivity index is 1.85. The van der Waals surface area contributed by atoms with Crippen molar-refractivity contribution >= 4 is 46.4 Å². The standard InChI is InChI=1S/C13H13Cl2NO3S/c14-9-4-8(10(15)20-9)11(17)16-5-7-2-1-3-13(7,6-16)12(18)19/h4,7H,1-3,5-6H2,(H,18,19)/t7-,13+/m0/s1. The van der Waals surface area contributed by atoms with Crippen LogP contribution in [-0.2, 0) is 4.79 Å². The molecular formula is C13H13Cl2NO3S. The van der Waals surface area contributed by atoms with Crippen LogP contribution in [0.15, 0.2) is 6.07 Å². The van der Waals surface area contributed by atoms with E-state index in [-0.39, 0.29) is 18.4 Å². The van der Waals surface area contributed by atoms with Gasteiger partial charge in [-0.05, 0) is 24.8 Å². The third-order valence-corrected chi connectivity index (χ3v) is 5.96. The lowest BCUT2D eigenvalue weighted by molar-refractivity contribution is -0.149. The number of hydrogen-bond acceptors (Lipinski definition) is 3. The van der Waals surface area contributed by atoms with E-state index in [1.807, 2.05) is 0 Å². The fraction of sp³-hybridized carbons (Fsp3) is 0.538. The molecule has 7 heteroatoms. The van der Waals surface area contributed by atoms with Crippen molar-refractivity contribution in [1.82, 2.24) is 4.90 Å². The molecule has 2 fully saturated rings. The van der Waals surface area contributed by atoms with E-state index in [0.29, 0.717) is 27.2 Å². The van der Waals surface area contributed by atoms with Crippen LogP contribution < -0.4 is 0 Å². The lowest BCUT2D eigenvalue weighted by Crippen LogP contribution is -2.37. The topological polar surface area (TPSA) is 57.6 Å². The van der Waals surface area contributed by atoms with Crippen molar-refractivity contribution in [2.24, 2.45) is 11.3 Å². The summed E-state index contributed by atoms with van der Waals surface area (Å²) in [4.78, 5) is 25.7. The number of likely N-dealkylation sites (tertiary alicyclic amines) is 1. The van der Waals surface area contributed by atoms with Gasteiger partial charge in [0.1, 0.15) is 4.34 Å². The average Bonchev–Trinajstić information content (AvgIpc) is 2.99. The maximum atomic E-state index is 12.5. The predicted molar refractivity (Wildman–Crippen MR) is 77.7 cm³/mol. The second kappa shape index (κ2) is 4.90. The summed E-state index contributed by atoms with van der Waals surface area (Å²) in [6.07, 6.45) is 2.44. The number of halogens is 2. The largest absolute Gasteiger partial charge is 0.481 e. The van der Waals surface area contributed by atoms with Crippen molar-refractivity contribution in [3.63, 3.8) is 0 Å². The number of amides is 1. The molecule has 0 spiro atoms. The van der Waals surface area contributed by atoms with Gasteiger partial charge < -0.3 is 10.0 Å². The lowest BCUT2D eigenvalue weighted by atomic mass is 9.81. The number of thiophene rings is 1. The summed E-state index contributed by atoms with van der Waals surface area (Å²) >= 11 is 13.0. The van der Waals surface area contributed by atoms with Crippen LogP contribution in [0.5, 0.6) is 0 Å². The highest BCUT2D eigenvalue weighted by atomic mass is 35.5. The molecule has 1 aliphatic carbocycles. The smallest absolute Gasteiger partial charge is 0.311 e. The van der Waals surface area contributed by atoms with E-state index in [2.05, 4.69) is 0 Å². The van der Waals surface area contributed by atoms with E-state index in [4.69, 9.17) is 23.2 Å². The Hall–Kier alpha value is -0.780. The summed E-state index contributed by atoms with van der Waals surface area (Å²) in [5.74, 6) is -0.949. The Morgan fingerprint density at radius 3 is 2.75 bits per heavy atom. The second-order valence-corrected chi connectivity index (χ2v) is 7.76. The molecule has 20 heavy (non-hydrogen) atoms. The van der Waals surface area contributed by atoms with Crippen LogP contribution in [0.25, 0.3) is 0 Å². The van der Waals surface area contributed by atoms with Gasteiger partial charge in [0.2, 0.25) is 0 Å². The molecule has 0 unspecified atom stereocenters. The molecular weight excluding hydrogens is 321 g/mol. The van der Waals surface area contributed by atoms with Crippen molar-refractivity contribution < 1.29 is 14.7 Å². The van der Waals surface area contributed by atoms with E-state index >= 15 is 0 Å². The molecule has 108 valence electrons. The first-order valence-electron chi connectivity index (χ1n) is 6.41. The Labute approximate surface area is 130 Å². The number of carbonyl (C=O) groups excluding carboxylic acids is 1. The third-order valence-electron chi connectivity index (χ3n) is 4.47. The minimum atomic E-state index is -0.787. The summed E-state index contributed by atoms with van der Waals surface area (Å²) < 4.78 is 0.826. The molecule has 1 N–H and O–H groups in total. The van der Waals surface area contributed by atoms with Gasteiger partial charge in [-0.25, -0.2) is 0 Å². The van der Waals surface area contributed by atoms with E-state index in [1.165, 1.54) is 0 Å². The Bertz CT molecular complexity index is 588. The molecule has 2 aliphatic rings. The number of nitrogens with zero attached hydrogens (tertiary/aromatic N) is 1. The number of carbonyl (C=O) groups is 2. The molecule has 1 aliphatic heterocycles. The van der Waals surface area contributed by atoms with Crippen molar-refractivity contribution in [2.75, 3.05) is 13.1 Å². The van der Waals surface area contributed by atoms with E-state index in [1.54, 1.807) is 11.0 Å². The van der Waals surface area contributed by atoms with Crippen LogP contribution in [0.3, 0.4) is 0 Å². The quantitative estimate of drug-likeness (QED) is 0.902. The first kappa shape index (κ1) is 14.2. The van der Waals surface area contributed by atoms with Gasteiger partial charge in [-0.2, -0.15) is 0 Å². The number of rotatable bonds is 2. The first-order chi connectivity index (χ1) is 9.44. The lowest BCUT2D eigenvalue weighted by Gasteiger charge is -2.23. The third kappa shape index (κ3) is 2.03. The highest BCUT2D eigenvalue weighted by Gasteiger charge is 2.55. The van der Waals surface area contributed by atoms with E-state index < -0.39 is 11.4 Å². The molecule has 2 atom stereocenters. The predicted octanol–water partition coefficient (Wildman–Crippen LogP) is 3.38. The summed E-state index contributed by atoms with van der Waals surface area (Å²) in [6, 6.07) is 1.55. The molecule has 1 saturated heterocycles. The number of fused-ring (bicyclic) bond motifs is 1. The minimum Gasteiger partial charge on any atom is -0.481 e. The zero-order valence-electron chi connectivity index (χ0n) is 10.6. The fourth-order valence-electron chi connectivity index (χ4n) is 3.45. The normalized spacial score (nSPS) is 28.7. The number of aliphatic carboxylic acids is 1. The molecule has 2 heterocycles. The minimum absolute atomic E-state index is 0.0526. The highest BCUT2D eigenvalue weighted by Crippen LogP contribution is 2.49. The second-order valence-electron chi connectivity index (χ2n) is 5.47. The van der Waals surface area contributed by atoms with Crippen LogP contribution >= 0.6 is 34.5 Å². The van der Waals surface area contributed by atoms with Crippen molar-refractivity contribution in [2.45, 2.75) is 19.3 Å². The van der Waals surface area contributed by atoms with E-state index in [9.17, 15) is 14.7 Å². The summed E-state index contributed by atoms with van der Waals surface area (Å²) in [5.41, 5.74) is -0.385. The number of carboxylic acids is 1. The van der Waals surface area contributed by atoms with Gasteiger partial charge in [0, 0.05) is 13.1 Å². The Morgan fingerprint density at radius 2 is 2.20 bits per heavy atom. The molecule has 1 saturated carbocycles. The number of carboxylic acid groups (broad SMARTS) is 1. The molecule has 4 nitrogen and oxygen atoms in total. The molecule has 3 rings (SSSR count). The molecule has 0 bridgehead atoms. The molecule has 1 aromatic heterocycles. The zero-order chi connectivity index (χ0) is 14.5. The van der Waals surface area contributed by atoms with Crippen molar-refractivity contribution in [3.8, 4) is 0 Å². The average molecular weight is 334 g/mol. The van der Waals surface area contributed by atoms with Gasteiger partial charge in [0.25, 0.3) is 5.91 Å². The van der Waals surface area contributed by atoms with Crippen molar-refractivity contribution in [1.29, 1.82) is 0 Å². The molecule has 0 aromatic carbocycles. The van der Waals surface area contributed by atoms with Gasteiger partial charge in [-0.15, -0.1) is 11.3 Å². The van der Waals surface area contributed by atoms with Gasteiger partial charge >= 0.3 is 5.97 Å². The molecule has 1 amide bonds. The van der Waals surface area contributed by atoms with Crippen LogP contribution in [-0.4, -0.2) is 35.0 Å². The highest BCUT2D eigenvalue weighted by molar-refractivity contribution is 7.20. The first-order valence-corrected chi connectivity index (χ1v) is 7.99. The molecule has 1 aromatic rings. The van der Waals surface area contributed by atoms with Crippen LogP contribution in [0.1, 0.15) is 29.6 Å². The summed E-state index contributed by atoms with van der Waals surface area (Å²) in [7, 11) is 0. The van der Waals surface area contributed by atoms with Gasteiger partial charge in [0.15, 0.2) is 0 Å². The maximum Gasteiger partial charge on any atom is 0.311 e. The number of hydrogen-bond donors (Lipinski definition) is 1. The zero-order valence-corrected chi connectivity index (χ0v) is 12.9. The van der Waals surface area contributed by atoms with E-state index in [0.717, 1.165) is 24.2 Å². The van der Waals surface area contributed by atoms with Crippen LogP contribution in [0.4, 0.5) is 0 Å². The maximum absolute atomic E-state index is 12.5. The Morgan fingerprint density at radius 1 is 1.45 bits per heavy atom. The molecule has 0 radical (unpaired) electrons. The monoisotopic (exact) mass is 333 g/mol. The van der Waals surface area contributed by atoms with Gasteiger partial charge in [-0.1, -0.05) is 29.6 Å². The van der Waals surface area contributed by atoms with Gasteiger partial charge in [0.05, 0.1) is 15.3 Å². The summed E-state index contributed by atoms with van der Waals surface area (Å²) in [5, 5.41) is 9.52. The van der Waals surface area contributed by atoms with Crippen LogP contribution in [0.2, 0.25) is 8.67 Å². The van der Waals surface area contributed by atoms with Crippen LogP contribution in [0, 0.1) is 11.3 Å². The fourth-order valence-corrected chi connectivity index (χ4v) is 4.90. The Kier molecular flexibility index (Phi) is 3.47.